The number of rotatable bonds is 6. The number of hydrogen-bond acceptors (Lipinski definition) is 5. The smallest absolute Gasteiger partial charge is 0.430 e. The van der Waals surface area contributed by atoms with Gasteiger partial charge in [0, 0.05) is 12.0 Å². The number of ether oxygens (including phenoxy) is 1. The van der Waals surface area contributed by atoms with E-state index in [-0.39, 0.29) is 17.9 Å². The number of aliphatic carboxylic acids is 1. The van der Waals surface area contributed by atoms with Gasteiger partial charge in [-0.15, -0.1) is 0 Å². The van der Waals surface area contributed by atoms with Crippen molar-refractivity contribution in [1.82, 2.24) is 10.4 Å². The summed E-state index contributed by atoms with van der Waals surface area (Å²) in [6.45, 7) is 4.91. The highest BCUT2D eigenvalue weighted by atomic mass is 16.6. The molecule has 1 atom stereocenters. The van der Waals surface area contributed by atoms with Gasteiger partial charge in [0.2, 0.25) is 0 Å². The molecule has 10 heteroatoms. The second-order valence-corrected chi connectivity index (χ2v) is 7.92. The molecular weight excluding hydrogens is 414 g/mol. The molecule has 0 aliphatic rings. The second-order valence-electron chi connectivity index (χ2n) is 7.92. The Kier molecular flexibility index (Phi) is 7.78. The van der Waals surface area contributed by atoms with Gasteiger partial charge in [-0.1, -0.05) is 36.4 Å². The van der Waals surface area contributed by atoms with Crippen molar-refractivity contribution in [3.63, 3.8) is 0 Å². The highest BCUT2D eigenvalue weighted by Gasteiger charge is 2.35. The largest absolute Gasteiger partial charge is 0.480 e. The molecule has 0 saturated carbocycles. The first-order chi connectivity index (χ1) is 15.0. The van der Waals surface area contributed by atoms with Crippen LogP contribution < -0.4 is 16.9 Å². The predicted molar refractivity (Wildman–Crippen MR) is 119 cm³/mol. The summed E-state index contributed by atoms with van der Waals surface area (Å²) in [5, 5.41) is 10.5. The summed E-state index contributed by atoms with van der Waals surface area (Å²) in [6, 6.07) is 13.3. The molecule has 0 fully saturated rings. The van der Waals surface area contributed by atoms with E-state index in [9.17, 15) is 19.5 Å². The van der Waals surface area contributed by atoms with Gasteiger partial charge in [0.1, 0.15) is 5.60 Å². The summed E-state index contributed by atoms with van der Waals surface area (Å²) in [4.78, 5) is 41.7. The number of carbonyl (C=O) groups is 3. The van der Waals surface area contributed by atoms with Crippen LogP contribution in [0.5, 0.6) is 0 Å². The van der Waals surface area contributed by atoms with Gasteiger partial charge in [-0.2, -0.15) is 0 Å². The average Bonchev–Trinajstić information content (AvgIpc) is 2.69. The normalized spacial score (nSPS) is 11.7. The van der Waals surface area contributed by atoms with Crippen LogP contribution in [0.15, 0.2) is 59.6 Å². The van der Waals surface area contributed by atoms with Crippen LogP contribution in [0.2, 0.25) is 0 Å². The fourth-order valence-corrected chi connectivity index (χ4v) is 2.73. The Labute approximate surface area is 185 Å². The Hall–Kier alpha value is -4.08. The highest BCUT2D eigenvalue weighted by Crippen LogP contribution is 2.17. The lowest BCUT2D eigenvalue weighted by Gasteiger charge is -2.31. The maximum absolute atomic E-state index is 12.9. The first-order valence-electron chi connectivity index (χ1n) is 9.76. The van der Waals surface area contributed by atoms with Crippen molar-refractivity contribution in [3.8, 4) is 0 Å². The van der Waals surface area contributed by atoms with Gasteiger partial charge in [0.05, 0.1) is 5.69 Å². The predicted octanol–water partition coefficient (Wildman–Crippen LogP) is 2.17. The lowest BCUT2D eigenvalue weighted by molar-refractivity contribution is -0.144. The molecule has 0 spiro atoms. The summed E-state index contributed by atoms with van der Waals surface area (Å²) in [5.41, 5.74) is 13.3. The van der Waals surface area contributed by atoms with Crippen molar-refractivity contribution in [2.45, 2.75) is 38.8 Å². The molecule has 2 aromatic carbocycles. The monoisotopic (exact) mass is 441 g/mol. The lowest BCUT2D eigenvalue weighted by atomic mass is 10.1. The third kappa shape index (κ3) is 7.31. The average molecular weight is 441 g/mol. The minimum absolute atomic E-state index is 0.0518. The van der Waals surface area contributed by atoms with Crippen LogP contribution in [0.3, 0.4) is 0 Å². The van der Waals surface area contributed by atoms with Gasteiger partial charge < -0.3 is 21.3 Å². The molecular formula is C22H27N5O5. The number of hydrogen-bond donors (Lipinski definition) is 4. The van der Waals surface area contributed by atoms with Crippen LogP contribution in [-0.4, -0.2) is 45.7 Å². The molecule has 1 unspecified atom stereocenters. The van der Waals surface area contributed by atoms with E-state index in [1.807, 2.05) is 0 Å². The lowest BCUT2D eigenvalue weighted by Crippen LogP contribution is -2.56. The fourth-order valence-electron chi connectivity index (χ4n) is 2.73. The Morgan fingerprint density at radius 3 is 2.31 bits per heavy atom. The van der Waals surface area contributed by atoms with Gasteiger partial charge in [-0.05, 0) is 44.5 Å². The van der Waals surface area contributed by atoms with Crippen LogP contribution in [0.25, 0.3) is 0 Å². The molecule has 10 nitrogen and oxygen atoms in total. The zero-order valence-corrected chi connectivity index (χ0v) is 18.1. The number of nitrogens with zero attached hydrogens (tertiary/aromatic N) is 2. The molecule has 0 aliphatic heterocycles. The number of amides is 2. The Morgan fingerprint density at radius 2 is 1.75 bits per heavy atom. The molecule has 0 radical (unpaired) electrons. The number of nitrogens with one attached hydrogen (secondary N) is 1. The zero-order valence-electron chi connectivity index (χ0n) is 18.1. The standard InChI is InChI=1S/C22H27N5O5/c1-22(2,3)32-21(31)27(17(19(29)30)12-14-8-5-4-6-9-14)26-18(28)15-10-7-11-16(13-15)25-20(23)24/h4-11,13,17H,12H2,1-3H3,(H,26,28)(H,29,30)(H4,23,24,25). The Bertz CT molecular complexity index is 997. The SMILES string of the molecule is CC(C)(C)OC(=O)N(NC(=O)c1cccc(N=C(N)N)c1)C(Cc1ccccc1)C(=O)O. The van der Waals surface area contributed by atoms with Crippen molar-refractivity contribution < 1.29 is 24.2 Å². The van der Waals surface area contributed by atoms with Crippen molar-refractivity contribution in [2.75, 3.05) is 0 Å². The number of nitrogens with two attached hydrogens (primary N) is 2. The summed E-state index contributed by atoms with van der Waals surface area (Å²) in [7, 11) is 0. The van der Waals surface area contributed by atoms with E-state index in [1.54, 1.807) is 63.2 Å². The van der Waals surface area contributed by atoms with Crippen LogP contribution in [0.4, 0.5) is 10.5 Å². The van der Waals surface area contributed by atoms with E-state index in [4.69, 9.17) is 16.2 Å². The number of benzene rings is 2. The molecule has 2 aromatic rings. The molecule has 0 saturated heterocycles. The van der Waals surface area contributed by atoms with Gasteiger partial charge >= 0.3 is 12.1 Å². The molecule has 0 heterocycles. The molecule has 0 aliphatic carbocycles. The number of guanidine groups is 1. The summed E-state index contributed by atoms with van der Waals surface area (Å²) >= 11 is 0. The Balaban J connectivity index is 2.37. The van der Waals surface area contributed by atoms with E-state index in [2.05, 4.69) is 10.4 Å². The quantitative estimate of drug-likeness (QED) is 0.303. The van der Waals surface area contributed by atoms with Crippen LogP contribution in [0.1, 0.15) is 36.7 Å². The first-order valence-corrected chi connectivity index (χ1v) is 9.76. The van der Waals surface area contributed by atoms with Crippen LogP contribution in [0, 0.1) is 0 Å². The Morgan fingerprint density at radius 1 is 1.09 bits per heavy atom. The maximum Gasteiger partial charge on any atom is 0.430 e. The van der Waals surface area contributed by atoms with Gasteiger partial charge in [0.25, 0.3) is 5.91 Å². The number of aliphatic imine (C=N–C) groups is 1. The summed E-state index contributed by atoms with van der Waals surface area (Å²) < 4.78 is 5.34. The van der Waals surface area contributed by atoms with E-state index < -0.39 is 29.6 Å². The van der Waals surface area contributed by atoms with Crippen LogP contribution in [-0.2, 0) is 16.0 Å². The molecule has 6 N–H and O–H groups in total. The first kappa shape index (κ1) is 24.2. The summed E-state index contributed by atoms with van der Waals surface area (Å²) in [5.74, 6) is -2.23. The third-order valence-electron chi connectivity index (χ3n) is 4.05. The van der Waals surface area contributed by atoms with Crippen molar-refractivity contribution in [1.29, 1.82) is 0 Å². The molecule has 2 rings (SSSR count). The fraction of sp³-hybridized carbons (Fsp3) is 0.273. The number of carboxylic acids is 1. The van der Waals surface area contributed by atoms with E-state index >= 15 is 0 Å². The molecule has 170 valence electrons. The number of carboxylic acid groups (broad SMARTS) is 1. The summed E-state index contributed by atoms with van der Waals surface area (Å²) in [6.07, 6.45) is -1.06. The van der Waals surface area contributed by atoms with Crippen molar-refractivity contribution >= 4 is 29.6 Å². The molecule has 32 heavy (non-hydrogen) atoms. The van der Waals surface area contributed by atoms with Gasteiger partial charge in [-0.3, -0.25) is 10.2 Å². The van der Waals surface area contributed by atoms with Crippen LogP contribution >= 0.6 is 0 Å². The molecule has 0 bridgehead atoms. The minimum atomic E-state index is -1.42. The highest BCUT2D eigenvalue weighted by molar-refractivity contribution is 5.96. The van der Waals surface area contributed by atoms with E-state index in [0.29, 0.717) is 16.3 Å². The van der Waals surface area contributed by atoms with E-state index in [0.717, 1.165) is 0 Å². The second kappa shape index (κ2) is 10.3. The van der Waals surface area contributed by atoms with Gasteiger partial charge in [-0.25, -0.2) is 19.6 Å². The number of carbonyl (C=O) groups excluding carboxylic acids is 2. The maximum atomic E-state index is 12.9. The molecule has 2 amide bonds. The number of hydrazine groups is 1. The molecule has 0 aromatic heterocycles. The minimum Gasteiger partial charge on any atom is -0.480 e. The topological polar surface area (TPSA) is 160 Å². The zero-order chi connectivity index (χ0) is 23.9. The van der Waals surface area contributed by atoms with Gasteiger partial charge in [0.15, 0.2) is 12.0 Å². The van der Waals surface area contributed by atoms with Crippen molar-refractivity contribution in [2.24, 2.45) is 16.5 Å². The van der Waals surface area contributed by atoms with Crippen molar-refractivity contribution in [3.05, 3.63) is 65.7 Å². The van der Waals surface area contributed by atoms with E-state index in [1.165, 1.54) is 12.1 Å². The third-order valence-corrected chi connectivity index (χ3v) is 4.05.